The largest absolute Gasteiger partial charge is 0.325 e. The normalized spacial score (nSPS) is 8.80. The molecule has 3 N–H and O–H groups in total. The van der Waals surface area contributed by atoms with E-state index in [0.29, 0.717) is 11.3 Å². The molecule has 10 heavy (non-hydrogen) atoms. The van der Waals surface area contributed by atoms with E-state index in [4.69, 9.17) is 11.1 Å². The second kappa shape index (κ2) is 4.36. The van der Waals surface area contributed by atoms with E-state index in [1.165, 1.54) is 6.08 Å². The van der Waals surface area contributed by atoms with Crippen LogP contribution in [-0.2, 0) is 0 Å². The zero-order valence-electron chi connectivity index (χ0n) is 5.59. The number of rotatable bonds is 3. The number of nitrogens with two attached hydrogens (primary N) is 1. The summed E-state index contributed by atoms with van der Waals surface area (Å²) in [6.45, 7) is 6.93. The summed E-state index contributed by atoms with van der Waals surface area (Å²) < 4.78 is 0. The molecule has 0 rings (SSSR count). The smallest absolute Gasteiger partial charge is 0.0985 e. The molecule has 0 atom stereocenters. The van der Waals surface area contributed by atoms with Crippen molar-refractivity contribution in [3.05, 3.63) is 36.6 Å². The van der Waals surface area contributed by atoms with Crippen molar-refractivity contribution in [3.8, 4) is 6.07 Å². The lowest BCUT2D eigenvalue weighted by molar-refractivity contribution is 0.921. The summed E-state index contributed by atoms with van der Waals surface area (Å²) >= 11 is 0. The first-order valence-electron chi connectivity index (χ1n) is 2.63. The fourth-order valence-electron chi connectivity index (χ4n) is 0.287. The van der Waals surface area contributed by atoms with Crippen LogP contribution in [-0.4, -0.2) is 0 Å². The van der Waals surface area contributed by atoms with Gasteiger partial charge in [0.05, 0.1) is 6.07 Å². The van der Waals surface area contributed by atoms with Crippen LogP contribution in [0.5, 0.6) is 0 Å². The molecule has 0 amide bonds. The van der Waals surface area contributed by atoms with Crippen molar-refractivity contribution in [2.24, 2.45) is 5.84 Å². The molecule has 3 heteroatoms. The lowest BCUT2D eigenvalue weighted by atomic mass is 10.3. The molecule has 52 valence electrons. The van der Waals surface area contributed by atoms with E-state index in [1.54, 1.807) is 6.08 Å². The molecule has 0 spiro atoms. The first kappa shape index (κ1) is 8.47. The Morgan fingerprint density at radius 1 is 1.50 bits per heavy atom. The summed E-state index contributed by atoms with van der Waals surface area (Å²) in [6, 6.07) is 1.85. The van der Waals surface area contributed by atoms with Gasteiger partial charge in [-0.3, -0.25) is 5.84 Å². The molecule has 3 nitrogen and oxygen atoms in total. The van der Waals surface area contributed by atoms with Gasteiger partial charge in [-0.25, -0.2) is 0 Å². The Balaban J connectivity index is 3.91. The Morgan fingerprint density at radius 2 is 2.10 bits per heavy atom. The molecule has 0 aromatic rings. The highest BCUT2D eigenvalue weighted by atomic mass is 15.2. The van der Waals surface area contributed by atoms with Crippen LogP contribution >= 0.6 is 0 Å². The van der Waals surface area contributed by atoms with Crippen LogP contribution in [0.3, 0.4) is 0 Å². The topological polar surface area (TPSA) is 61.8 Å². The summed E-state index contributed by atoms with van der Waals surface area (Å²) in [7, 11) is 0. The van der Waals surface area contributed by atoms with Crippen molar-refractivity contribution in [1.82, 2.24) is 5.43 Å². The number of hydrazine groups is 1. The molecule has 0 aromatic carbocycles. The van der Waals surface area contributed by atoms with Crippen molar-refractivity contribution in [2.45, 2.75) is 0 Å². The molecule has 0 aliphatic heterocycles. The van der Waals surface area contributed by atoms with Crippen LogP contribution in [0, 0.1) is 11.3 Å². The molecular formula is C7H9N3. The van der Waals surface area contributed by atoms with Crippen molar-refractivity contribution >= 4 is 0 Å². The number of hydrogen-bond donors (Lipinski definition) is 2. The number of allylic oxidation sites excluding steroid dienone is 3. The average Bonchev–Trinajstić information content (AvgIpc) is 1.99. The third-order valence-corrected chi connectivity index (χ3v) is 0.815. The van der Waals surface area contributed by atoms with Crippen molar-refractivity contribution in [2.75, 3.05) is 0 Å². The highest BCUT2D eigenvalue weighted by Crippen LogP contribution is 1.92. The maximum Gasteiger partial charge on any atom is 0.0985 e. The SMILES string of the molecule is C=C(C#N)/C=C\C(=C)NN. The van der Waals surface area contributed by atoms with E-state index < -0.39 is 0 Å². The fraction of sp³-hybridized carbons (Fsp3) is 0. The van der Waals surface area contributed by atoms with Crippen molar-refractivity contribution in [3.63, 3.8) is 0 Å². The molecule has 0 radical (unpaired) electrons. The predicted octanol–water partition coefficient (Wildman–Crippen LogP) is 0.599. The van der Waals surface area contributed by atoms with Crippen LogP contribution in [0.25, 0.3) is 0 Å². The van der Waals surface area contributed by atoms with Crippen LogP contribution in [0.4, 0.5) is 0 Å². The van der Waals surface area contributed by atoms with Gasteiger partial charge in [-0.1, -0.05) is 13.2 Å². The number of nitrogens with one attached hydrogen (secondary N) is 1. The summed E-state index contributed by atoms with van der Waals surface area (Å²) in [5.74, 6) is 4.99. The van der Waals surface area contributed by atoms with Crippen LogP contribution in [0.1, 0.15) is 0 Å². The van der Waals surface area contributed by atoms with Gasteiger partial charge in [-0.15, -0.1) is 0 Å². The maximum absolute atomic E-state index is 8.24. The van der Waals surface area contributed by atoms with Crippen LogP contribution in [0.15, 0.2) is 36.6 Å². The fourth-order valence-corrected chi connectivity index (χ4v) is 0.287. The van der Waals surface area contributed by atoms with Gasteiger partial charge in [-0.05, 0) is 12.2 Å². The van der Waals surface area contributed by atoms with Crippen LogP contribution in [0.2, 0.25) is 0 Å². The molecule has 0 aliphatic carbocycles. The molecule has 0 fully saturated rings. The molecule has 0 aliphatic rings. The third-order valence-electron chi connectivity index (χ3n) is 0.815. The van der Waals surface area contributed by atoms with E-state index in [-0.39, 0.29) is 0 Å². The van der Waals surface area contributed by atoms with E-state index in [0.717, 1.165) is 0 Å². The zero-order valence-corrected chi connectivity index (χ0v) is 5.59. The van der Waals surface area contributed by atoms with E-state index in [9.17, 15) is 0 Å². The Morgan fingerprint density at radius 3 is 2.50 bits per heavy atom. The van der Waals surface area contributed by atoms with Gasteiger partial charge in [0, 0.05) is 11.3 Å². The van der Waals surface area contributed by atoms with Gasteiger partial charge in [-0.2, -0.15) is 5.26 Å². The summed E-state index contributed by atoms with van der Waals surface area (Å²) in [6.07, 6.45) is 3.10. The van der Waals surface area contributed by atoms with Gasteiger partial charge >= 0.3 is 0 Å². The van der Waals surface area contributed by atoms with Gasteiger partial charge in [0.15, 0.2) is 0 Å². The second-order valence-electron chi connectivity index (χ2n) is 1.64. The quantitative estimate of drug-likeness (QED) is 0.258. The minimum Gasteiger partial charge on any atom is -0.325 e. The Kier molecular flexibility index (Phi) is 3.69. The number of nitriles is 1. The van der Waals surface area contributed by atoms with Gasteiger partial charge in [0.2, 0.25) is 0 Å². The van der Waals surface area contributed by atoms with Gasteiger partial charge in [0.25, 0.3) is 0 Å². The minimum atomic E-state index is 0.372. The van der Waals surface area contributed by atoms with Crippen molar-refractivity contribution in [1.29, 1.82) is 5.26 Å². The minimum absolute atomic E-state index is 0.372. The lowest BCUT2D eigenvalue weighted by Gasteiger charge is -1.93. The molecule has 0 bridgehead atoms. The molecule has 0 heterocycles. The molecule has 0 unspecified atom stereocenters. The molecule has 0 saturated carbocycles. The second-order valence-corrected chi connectivity index (χ2v) is 1.64. The number of nitrogens with zero attached hydrogens (tertiary/aromatic N) is 1. The van der Waals surface area contributed by atoms with Crippen molar-refractivity contribution < 1.29 is 0 Å². The third kappa shape index (κ3) is 3.47. The highest BCUT2D eigenvalue weighted by molar-refractivity contribution is 5.32. The molecule has 0 aromatic heterocycles. The van der Waals surface area contributed by atoms with Gasteiger partial charge < -0.3 is 5.43 Å². The molecule has 0 saturated heterocycles. The lowest BCUT2D eigenvalue weighted by Crippen LogP contribution is -2.18. The maximum atomic E-state index is 8.24. The first-order chi connectivity index (χ1) is 4.70. The Bertz CT molecular complexity index is 207. The standard InChI is InChI=1S/C7H9N3/c1-6(5-8)3-4-7(2)10-9/h3-4,10H,1-2,9H2/b4-3-. The number of hydrogen-bond acceptors (Lipinski definition) is 3. The first-order valence-corrected chi connectivity index (χ1v) is 2.63. The Labute approximate surface area is 60.1 Å². The summed E-state index contributed by atoms with van der Waals surface area (Å²) in [5, 5.41) is 8.24. The van der Waals surface area contributed by atoms with Gasteiger partial charge in [0.1, 0.15) is 0 Å². The predicted molar refractivity (Wildman–Crippen MR) is 40.4 cm³/mol. The van der Waals surface area contributed by atoms with E-state index in [2.05, 4.69) is 18.6 Å². The monoisotopic (exact) mass is 135 g/mol. The zero-order chi connectivity index (χ0) is 7.98. The summed E-state index contributed by atoms with van der Waals surface area (Å²) in [5.41, 5.74) is 3.22. The highest BCUT2D eigenvalue weighted by Gasteiger charge is 1.82. The van der Waals surface area contributed by atoms with E-state index >= 15 is 0 Å². The molecular weight excluding hydrogens is 126 g/mol. The Hall–Kier alpha value is -1.53. The average molecular weight is 135 g/mol. The summed E-state index contributed by atoms with van der Waals surface area (Å²) in [4.78, 5) is 0. The van der Waals surface area contributed by atoms with E-state index in [1.807, 2.05) is 6.07 Å². The van der Waals surface area contributed by atoms with Crippen LogP contribution < -0.4 is 11.3 Å².